The molecule has 0 aromatic heterocycles. The number of aryl methyl sites for hydroxylation is 1. The number of nitriles is 1. The maximum absolute atomic E-state index is 8.71. The Morgan fingerprint density at radius 3 is 2.69 bits per heavy atom. The van der Waals surface area contributed by atoms with Crippen molar-refractivity contribution in [2.24, 2.45) is 5.73 Å². The molecule has 0 spiro atoms. The standard InChI is InChI=1S/C10H12N2O/c1-7-3-8(5-11)4-10(13-2)9(7)6-12/h3-4H,6,12H2,1-2H3. The van der Waals surface area contributed by atoms with Crippen molar-refractivity contribution in [2.45, 2.75) is 13.5 Å². The van der Waals surface area contributed by atoms with Crippen molar-refractivity contribution in [3.8, 4) is 11.8 Å². The largest absolute Gasteiger partial charge is 0.496 e. The van der Waals surface area contributed by atoms with Gasteiger partial charge in [-0.2, -0.15) is 5.26 Å². The van der Waals surface area contributed by atoms with Crippen LogP contribution in [0.15, 0.2) is 12.1 Å². The highest BCUT2D eigenvalue weighted by atomic mass is 16.5. The van der Waals surface area contributed by atoms with E-state index in [1.165, 1.54) is 0 Å². The zero-order chi connectivity index (χ0) is 9.84. The van der Waals surface area contributed by atoms with Gasteiger partial charge in [-0.25, -0.2) is 0 Å². The molecule has 0 aliphatic heterocycles. The fraction of sp³-hybridized carbons (Fsp3) is 0.300. The van der Waals surface area contributed by atoms with Gasteiger partial charge >= 0.3 is 0 Å². The van der Waals surface area contributed by atoms with Gasteiger partial charge in [0.15, 0.2) is 0 Å². The molecule has 0 radical (unpaired) electrons. The average molecular weight is 176 g/mol. The quantitative estimate of drug-likeness (QED) is 0.739. The predicted octanol–water partition coefficient (Wildman–Crippen LogP) is 1.33. The molecule has 0 saturated carbocycles. The van der Waals surface area contributed by atoms with Crippen molar-refractivity contribution >= 4 is 0 Å². The molecule has 0 heterocycles. The van der Waals surface area contributed by atoms with E-state index < -0.39 is 0 Å². The molecule has 3 heteroatoms. The second-order valence-corrected chi connectivity index (χ2v) is 2.79. The van der Waals surface area contributed by atoms with E-state index in [1.54, 1.807) is 13.2 Å². The summed E-state index contributed by atoms with van der Waals surface area (Å²) >= 11 is 0. The monoisotopic (exact) mass is 176 g/mol. The van der Waals surface area contributed by atoms with E-state index in [1.807, 2.05) is 13.0 Å². The molecule has 68 valence electrons. The minimum atomic E-state index is 0.431. The molecule has 0 atom stereocenters. The zero-order valence-electron chi connectivity index (χ0n) is 7.79. The number of methoxy groups -OCH3 is 1. The summed E-state index contributed by atoms with van der Waals surface area (Å²) in [6.45, 7) is 2.35. The maximum Gasteiger partial charge on any atom is 0.124 e. The Labute approximate surface area is 77.7 Å². The van der Waals surface area contributed by atoms with Crippen molar-refractivity contribution < 1.29 is 4.74 Å². The molecule has 0 bridgehead atoms. The number of rotatable bonds is 2. The summed E-state index contributed by atoms with van der Waals surface area (Å²) in [6, 6.07) is 5.59. The molecule has 1 aromatic carbocycles. The summed E-state index contributed by atoms with van der Waals surface area (Å²) in [5.41, 5.74) is 8.12. The van der Waals surface area contributed by atoms with Gasteiger partial charge in [0.05, 0.1) is 18.7 Å². The van der Waals surface area contributed by atoms with Crippen molar-refractivity contribution in [1.82, 2.24) is 0 Å². The zero-order valence-corrected chi connectivity index (χ0v) is 7.79. The molecular formula is C10H12N2O. The maximum atomic E-state index is 8.71. The third kappa shape index (κ3) is 1.79. The fourth-order valence-corrected chi connectivity index (χ4v) is 1.29. The van der Waals surface area contributed by atoms with Gasteiger partial charge in [-0.1, -0.05) is 0 Å². The molecule has 0 saturated heterocycles. The van der Waals surface area contributed by atoms with E-state index in [9.17, 15) is 0 Å². The lowest BCUT2D eigenvalue weighted by Gasteiger charge is -2.09. The number of nitrogens with two attached hydrogens (primary N) is 1. The van der Waals surface area contributed by atoms with Gasteiger partial charge in [-0.05, 0) is 24.6 Å². The molecular weight excluding hydrogens is 164 g/mol. The fourth-order valence-electron chi connectivity index (χ4n) is 1.29. The second kappa shape index (κ2) is 3.92. The van der Waals surface area contributed by atoms with Gasteiger partial charge in [0.2, 0.25) is 0 Å². The third-order valence-electron chi connectivity index (χ3n) is 1.99. The summed E-state index contributed by atoms with van der Waals surface area (Å²) in [4.78, 5) is 0. The van der Waals surface area contributed by atoms with Crippen LogP contribution in [0, 0.1) is 18.3 Å². The smallest absolute Gasteiger partial charge is 0.124 e. The Hall–Kier alpha value is -1.53. The molecule has 1 rings (SSSR count). The van der Waals surface area contributed by atoms with Crippen molar-refractivity contribution in [3.63, 3.8) is 0 Å². The summed E-state index contributed by atoms with van der Waals surface area (Å²) < 4.78 is 5.13. The van der Waals surface area contributed by atoms with Crippen LogP contribution in [0.5, 0.6) is 5.75 Å². The molecule has 0 fully saturated rings. The van der Waals surface area contributed by atoms with Crippen molar-refractivity contribution in [1.29, 1.82) is 5.26 Å². The van der Waals surface area contributed by atoms with Gasteiger partial charge in [0, 0.05) is 12.1 Å². The lowest BCUT2D eigenvalue weighted by Crippen LogP contribution is -2.02. The summed E-state index contributed by atoms with van der Waals surface area (Å²) in [5, 5.41) is 8.71. The lowest BCUT2D eigenvalue weighted by molar-refractivity contribution is 0.409. The van der Waals surface area contributed by atoms with Gasteiger partial charge in [-0.3, -0.25) is 0 Å². The van der Waals surface area contributed by atoms with E-state index in [-0.39, 0.29) is 0 Å². The van der Waals surface area contributed by atoms with Gasteiger partial charge < -0.3 is 10.5 Å². The van der Waals surface area contributed by atoms with Crippen LogP contribution in [-0.4, -0.2) is 7.11 Å². The Morgan fingerprint density at radius 2 is 2.23 bits per heavy atom. The van der Waals surface area contributed by atoms with E-state index in [0.29, 0.717) is 17.9 Å². The average Bonchev–Trinajstić information content (AvgIpc) is 2.16. The lowest BCUT2D eigenvalue weighted by atomic mass is 10.0. The molecule has 2 N–H and O–H groups in total. The predicted molar refractivity (Wildman–Crippen MR) is 50.3 cm³/mol. The molecule has 0 aliphatic rings. The highest BCUT2D eigenvalue weighted by Gasteiger charge is 2.06. The van der Waals surface area contributed by atoms with Crippen LogP contribution in [0.3, 0.4) is 0 Å². The van der Waals surface area contributed by atoms with Crippen LogP contribution >= 0.6 is 0 Å². The SMILES string of the molecule is COc1cc(C#N)cc(C)c1CN. The molecule has 0 aliphatic carbocycles. The number of hydrogen-bond donors (Lipinski definition) is 1. The first-order valence-electron chi connectivity index (χ1n) is 4.00. The second-order valence-electron chi connectivity index (χ2n) is 2.79. The molecule has 13 heavy (non-hydrogen) atoms. The Bertz CT molecular complexity index is 353. The third-order valence-corrected chi connectivity index (χ3v) is 1.99. The van der Waals surface area contributed by atoms with Crippen LogP contribution in [-0.2, 0) is 6.54 Å². The van der Waals surface area contributed by atoms with E-state index >= 15 is 0 Å². The van der Waals surface area contributed by atoms with Crippen molar-refractivity contribution in [2.75, 3.05) is 7.11 Å². The first kappa shape index (κ1) is 9.56. The Morgan fingerprint density at radius 1 is 1.54 bits per heavy atom. The number of nitrogens with zero attached hydrogens (tertiary/aromatic N) is 1. The summed E-state index contributed by atoms with van der Waals surface area (Å²) in [6.07, 6.45) is 0. The molecule has 1 aromatic rings. The summed E-state index contributed by atoms with van der Waals surface area (Å²) in [7, 11) is 1.58. The first-order chi connectivity index (χ1) is 6.22. The first-order valence-corrected chi connectivity index (χ1v) is 4.00. The molecule has 0 unspecified atom stereocenters. The number of hydrogen-bond acceptors (Lipinski definition) is 3. The topological polar surface area (TPSA) is 59.0 Å². The highest BCUT2D eigenvalue weighted by Crippen LogP contribution is 2.23. The van der Waals surface area contributed by atoms with Crippen LogP contribution in [0.1, 0.15) is 16.7 Å². The minimum absolute atomic E-state index is 0.431. The van der Waals surface area contributed by atoms with Gasteiger partial charge in [0.1, 0.15) is 5.75 Å². The van der Waals surface area contributed by atoms with Crippen LogP contribution in [0.25, 0.3) is 0 Å². The van der Waals surface area contributed by atoms with E-state index in [2.05, 4.69) is 6.07 Å². The highest BCUT2D eigenvalue weighted by molar-refractivity contribution is 5.47. The van der Waals surface area contributed by atoms with Crippen LogP contribution < -0.4 is 10.5 Å². The Kier molecular flexibility index (Phi) is 2.88. The number of benzene rings is 1. The molecule has 0 amide bonds. The van der Waals surface area contributed by atoms with Gasteiger partial charge in [0.25, 0.3) is 0 Å². The van der Waals surface area contributed by atoms with E-state index in [4.69, 9.17) is 15.7 Å². The van der Waals surface area contributed by atoms with Crippen LogP contribution in [0.2, 0.25) is 0 Å². The Balaban J connectivity index is 3.31. The van der Waals surface area contributed by atoms with Crippen molar-refractivity contribution in [3.05, 3.63) is 28.8 Å². The minimum Gasteiger partial charge on any atom is -0.496 e. The summed E-state index contributed by atoms with van der Waals surface area (Å²) in [5.74, 6) is 0.694. The normalized spacial score (nSPS) is 9.38. The van der Waals surface area contributed by atoms with E-state index in [0.717, 1.165) is 11.1 Å². The molecule has 3 nitrogen and oxygen atoms in total. The van der Waals surface area contributed by atoms with Gasteiger partial charge in [-0.15, -0.1) is 0 Å². The number of ether oxygens (including phenoxy) is 1. The van der Waals surface area contributed by atoms with Crippen LogP contribution in [0.4, 0.5) is 0 Å².